The quantitative estimate of drug-likeness (QED) is 0.606. The Hall–Kier alpha value is -3.69. The molecular formula is C25H30F3N7O3. The molecular weight excluding hydrogens is 503 g/mol. The molecule has 3 heterocycles. The first-order valence-electron chi connectivity index (χ1n) is 12.2. The minimum absolute atomic E-state index is 0.0451. The molecule has 5 atom stereocenters. The number of likely N-dealkylation sites (tertiary alicyclic amines) is 1. The van der Waals surface area contributed by atoms with E-state index in [1.807, 2.05) is 19.2 Å². The number of rotatable bonds is 5. The van der Waals surface area contributed by atoms with E-state index in [9.17, 15) is 32.8 Å². The maximum atomic E-state index is 13.6. The van der Waals surface area contributed by atoms with Crippen LogP contribution in [0, 0.1) is 40.9 Å². The topological polar surface area (TPSA) is 132 Å². The lowest BCUT2D eigenvalue weighted by atomic mass is 9.85. The molecule has 2 aromatic heterocycles. The molecule has 38 heavy (non-hydrogen) atoms. The van der Waals surface area contributed by atoms with Crippen LogP contribution in [-0.4, -0.2) is 62.0 Å². The number of hydrogen-bond acceptors (Lipinski definition) is 6. The number of nitrogens with zero attached hydrogens (tertiary/aromatic N) is 5. The Morgan fingerprint density at radius 3 is 2.42 bits per heavy atom. The summed E-state index contributed by atoms with van der Waals surface area (Å²) in [6, 6.07) is 1.79. The van der Waals surface area contributed by atoms with E-state index in [4.69, 9.17) is 0 Å². The van der Waals surface area contributed by atoms with Crippen LogP contribution in [0.4, 0.5) is 13.2 Å². The van der Waals surface area contributed by atoms with Crippen LogP contribution in [0.1, 0.15) is 51.9 Å². The molecule has 1 saturated carbocycles. The van der Waals surface area contributed by atoms with Gasteiger partial charge in [-0.3, -0.25) is 14.4 Å². The molecule has 10 nitrogen and oxygen atoms in total. The van der Waals surface area contributed by atoms with Crippen LogP contribution in [0.3, 0.4) is 0 Å². The summed E-state index contributed by atoms with van der Waals surface area (Å²) in [7, 11) is 0. The van der Waals surface area contributed by atoms with Gasteiger partial charge in [-0.2, -0.15) is 23.5 Å². The van der Waals surface area contributed by atoms with Gasteiger partial charge < -0.3 is 15.5 Å². The number of aromatic nitrogens is 3. The van der Waals surface area contributed by atoms with Gasteiger partial charge in [-0.1, -0.05) is 34.6 Å². The molecule has 0 radical (unpaired) electrons. The van der Waals surface area contributed by atoms with Crippen molar-refractivity contribution in [1.82, 2.24) is 30.1 Å². The van der Waals surface area contributed by atoms with Crippen LogP contribution < -0.4 is 10.6 Å². The maximum absolute atomic E-state index is 13.6. The first kappa shape index (κ1) is 27.3. The number of pyridine rings is 1. The van der Waals surface area contributed by atoms with Gasteiger partial charge in [-0.25, -0.2) is 9.50 Å². The Morgan fingerprint density at radius 1 is 1.18 bits per heavy atom. The van der Waals surface area contributed by atoms with E-state index < -0.39 is 47.4 Å². The number of carbonyl (C=O) groups is 3. The van der Waals surface area contributed by atoms with Crippen molar-refractivity contribution in [3.05, 3.63) is 29.7 Å². The number of fused-ring (bicyclic) bond motifs is 2. The zero-order valence-electron chi connectivity index (χ0n) is 21.9. The van der Waals surface area contributed by atoms with E-state index in [2.05, 4.69) is 21.5 Å². The highest BCUT2D eigenvalue weighted by atomic mass is 19.4. The van der Waals surface area contributed by atoms with Crippen molar-refractivity contribution in [3.63, 3.8) is 0 Å². The van der Waals surface area contributed by atoms with Gasteiger partial charge in [0.1, 0.15) is 24.5 Å². The van der Waals surface area contributed by atoms with Crippen molar-refractivity contribution < 1.29 is 27.6 Å². The SMILES string of the molecule is Cc1cc(C(C#N)NC(=O)[C@@H]2[C@@H]3[C@H](CN2C(=O)C(NC(=O)C(F)(F)F)C(C)(C)C)C3(C)C)cc2ncnn12. The highest BCUT2D eigenvalue weighted by Gasteiger charge is 2.70. The molecule has 2 aromatic rings. The van der Waals surface area contributed by atoms with Crippen LogP contribution in [0.5, 0.6) is 0 Å². The Kier molecular flexibility index (Phi) is 6.45. The standard InChI is InChI=1S/C25H30F3N7O3/c1-12-7-13(8-16-30-11-31-35(12)16)15(9-29)32-20(36)18-17-14(24(17,5)6)10-34(18)21(37)19(23(2,3)4)33-22(38)25(26,27)28/h7-8,11,14-15,17-19H,10H2,1-6H3,(H,32,36)(H,33,38)/t14-,15?,17-,18-,19?/m0/s1. The Morgan fingerprint density at radius 2 is 1.84 bits per heavy atom. The van der Waals surface area contributed by atoms with Crippen molar-refractivity contribution in [3.8, 4) is 6.07 Å². The van der Waals surface area contributed by atoms with Gasteiger partial charge in [0, 0.05) is 12.2 Å². The zero-order valence-corrected chi connectivity index (χ0v) is 21.9. The second-order valence-corrected chi connectivity index (χ2v) is 11.7. The first-order valence-corrected chi connectivity index (χ1v) is 12.2. The second-order valence-electron chi connectivity index (χ2n) is 11.7. The van der Waals surface area contributed by atoms with Crippen molar-refractivity contribution in [2.24, 2.45) is 22.7 Å². The van der Waals surface area contributed by atoms with Crippen LogP contribution in [0.2, 0.25) is 0 Å². The van der Waals surface area contributed by atoms with Gasteiger partial charge in [-0.15, -0.1) is 0 Å². The Balaban J connectivity index is 1.61. The lowest BCUT2D eigenvalue weighted by Gasteiger charge is -2.37. The molecule has 1 saturated heterocycles. The third-order valence-corrected chi connectivity index (χ3v) is 7.73. The lowest BCUT2D eigenvalue weighted by molar-refractivity contribution is -0.176. The van der Waals surface area contributed by atoms with Crippen LogP contribution >= 0.6 is 0 Å². The summed E-state index contributed by atoms with van der Waals surface area (Å²) in [6.45, 7) is 10.5. The fraction of sp³-hybridized carbons (Fsp3) is 0.600. The molecule has 2 fully saturated rings. The molecule has 3 amide bonds. The molecule has 2 unspecified atom stereocenters. The molecule has 13 heteroatoms. The zero-order chi connectivity index (χ0) is 28.4. The average Bonchev–Trinajstić information content (AvgIpc) is 3.22. The van der Waals surface area contributed by atoms with Crippen molar-refractivity contribution in [2.45, 2.75) is 65.8 Å². The summed E-state index contributed by atoms with van der Waals surface area (Å²) in [5, 5.41) is 18.5. The number of halogens is 3. The van der Waals surface area contributed by atoms with Gasteiger partial charge in [0.2, 0.25) is 11.8 Å². The summed E-state index contributed by atoms with van der Waals surface area (Å²) in [6.07, 6.45) is -3.80. The Labute approximate surface area is 217 Å². The second kappa shape index (κ2) is 8.96. The van der Waals surface area contributed by atoms with Crippen molar-refractivity contribution in [1.29, 1.82) is 5.26 Å². The number of alkyl halides is 3. The highest BCUT2D eigenvalue weighted by molar-refractivity contribution is 5.95. The van der Waals surface area contributed by atoms with Gasteiger partial charge in [0.25, 0.3) is 0 Å². The lowest BCUT2D eigenvalue weighted by Crippen LogP contribution is -2.60. The van der Waals surface area contributed by atoms with Gasteiger partial charge in [0.05, 0.1) is 6.07 Å². The molecule has 1 aliphatic carbocycles. The number of carbonyl (C=O) groups excluding carboxylic acids is 3. The minimum Gasteiger partial charge on any atom is -0.336 e. The normalized spacial score (nSPS) is 23.8. The van der Waals surface area contributed by atoms with E-state index in [0.29, 0.717) is 16.9 Å². The average molecular weight is 534 g/mol. The number of nitriles is 1. The molecule has 2 N–H and O–H groups in total. The predicted octanol–water partition coefficient (Wildman–Crippen LogP) is 2.29. The van der Waals surface area contributed by atoms with Crippen molar-refractivity contribution in [2.75, 3.05) is 6.54 Å². The molecule has 2 aliphatic rings. The molecule has 1 aliphatic heterocycles. The first-order chi connectivity index (χ1) is 17.5. The largest absolute Gasteiger partial charge is 0.471 e. The highest BCUT2D eigenvalue weighted by Crippen LogP contribution is 2.65. The minimum atomic E-state index is -5.17. The number of aryl methyl sites for hydroxylation is 1. The molecule has 0 aromatic carbocycles. The fourth-order valence-electron chi connectivity index (χ4n) is 5.54. The third kappa shape index (κ3) is 4.68. The van der Waals surface area contributed by atoms with Gasteiger partial charge >= 0.3 is 12.1 Å². The third-order valence-electron chi connectivity index (χ3n) is 7.73. The molecule has 4 rings (SSSR count). The van der Waals surface area contributed by atoms with Crippen LogP contribution in [0.25, 0.3) is 5.65 Å². The van der Waals surface area contributed by atoms with E-state index in [1.54, 1.807) is 23.6 Å². The number of nitrogens with one attached hydrogen (secondary N) is 2. The number of hydrogen-bond donors (Lipinski definition) is 2. The monoisotopic (exact) mass is 533 g/mol. The molecule has 0 bridgehead atoms. The number of piperidine rings is 1. The van der Waals surface area contributed by atoms with E-state index in [-0.39, 0.29) is 23.8 Å². The molecule has 204 valence electrons. The Bertz CT molecular complexity index is 1340. The maximum Gasteiger partial charge on any atom is 0.471 e. The smallest absolute Gasteiger partial charge is 0.336 e. The summed E-state index contributed by atoms with van der Waals surface area (Å²) in [4.78, 5) is 44.4. The number of amides is 3. The van der Waals surface area contributed by atoms with E-state index >= 15 is 0 Å². The molecule has 0 spiro atoms. The predicted molar refractivity (Wildman–Crippen MR) is 128 cm³/mol. The fourth-order valence-corrected chi connectivity index (χ4v) is 5.54. The van der Waals surface area contributed by atoms with E-state index in [0.717, 1.165) is 0 Å². The van der Waals surface area contributed by atoms with E-state index in [1.165, 1.54) is 32.0 Å². The van der Waals surface area contributed by atoms with Crippen LogP contribution in [0.15, 0.2) is 18.5 Å². The van der Waals surface area contributed by atoms with Crippen LogP contribution in [-0.2, 0) is 14.4 Å². The van der Waals surface area contributed by atoms with Gasteiger partial charge in [-0.05, 0) is 47.3 Å². The summed E-state index contributed by atoms with van der Waals surface area (Å²) in [5.74, 6) is -3.87. The van der Waals surface area contributed by atoms with Crippen molar-refractivity contribution >= 4 is 23.4 Å². The summed E-state index contributed by atoms with van der Waals surface area (Å²) >= 11 is 0. The van der Waals surface area contributed by atoms with Gasteiger partial charge in [0.15, 0.2) is 5.65 Å². The summed E-state index contributed by atoms with van der Waals surface area (Å²) in [5.41, 5.74) is 0.320. The summed E-state index contributed by atoms with van der Waals surface area (Å²) < 4.78 is 40.6.